The van der Waals surface area contributed by atoms with Gasteiger partial charge in [0.2, 0.25) is 0 Å². The number of rotatable bonds is 3. The zero-order valence-electron chi connectivity index (χ0n) is 10.8. The first-order valence-corrected chi connectivity index (χ1v) is 6.87. The average molecular weight is 209 g/mol. The number of nitrogens with zero attached hydrogens (tertiary/aromatic N) is 1. The second-order valence-corrected chi connectivity index (χ2v) is 6.29. The molecule has 1 heteroatoms. The summed E-state index contributed by atoms with van der Waals surface area (Å²) >= 11 is 0. The van der Waals surface area contributed by atoms with Crippen LogP contribution < -0.4 is 0 Å². The van der Waals surface area contributed by atoms with E-state index in [-0.39, 0.29) is 0 Å². The van der Waals surface area contributed by atoms with Crippen LogP contribution in [-0.4, -0.2) is 24.5 Å². The van der Waals surface area contributed by atoms with Crippen molar-refractivity contribution in [2.75, 3.05) is 19.6 Å². The molecule has 0 bridgehead atoms. The predicted octanol–water partition coefficient (Wildman–Crippen LogP) is 3.54. The van der Waals surface area contributed by atoms with Gasteiger partial charge in [0.05, 0.1) is 0 Å². The molecule has 1 saturated heterocycles. The van der Waals surface area contributed by atoms with E-state index in [2.05, 4.69) is 25.7 Å². The van der Waals surface area contributed by atoms with Gasteiger partial charge < -0.3 is 4.90 Å². The van der Waals surface area contributed by atoms with Crippen LogP contribution in [-0.2, 0) is 0 Å². The van der Waals surface area contributed by atoms with E-state index in [4.69, 9.17) is 0 Å². The van der Waals surface area contributed by atoms with Crippen LogP contribution in [0.2, 0.25) is 0 Å². The Bertz CT molecular complexity index is 193. The number of hydrogen-bond donors (Lipinski definition) is 0. The van der Waals surface area contributed by atoms with Gasteiger partial charge in [0, 0.05) is 13.1 Å². The number of hydrogen-bond acceptors (Lipinski definition) is 1. The summed E-state index contributed by atoms with van der Waals surface area (Å²) in [7, 11) is 0. The van der Waals surface area contributed by atoms with Crippen molar-refractivity contribution in [3.8, 4) is 0 Å². The van der Waals surface area contributed by atoms with Gasteiger partial charge in [0.1, 0.15) is 0 Å². The third kappa shape index (κ3) is 2.38. The molecule has 0 radical (unpaired) electrons. The van der Waals surface area contributed by atoms with Gasteiger partial charge in [0.25, 0.3) is 0 Å². The van der Waals surface area contributed by atoms with Gasteiger partial charge in [0.15, 0.2) is 0 Å². The van der Waals surface area contributed by atoms with Gasteiger partial charge in [-0.2, -0.15) is 0 Å². The molecule has 0 atom stereocenters. The van der Waals surface area contributed by atoms with Gasteiger partial charge in [-0.05, 0) is 55.9 Å². The molecule has 1 heterocycles. The zero-order chi connectivity index (χ0) is 10.9. The molecule has 1 saturated carbocycles. The molecule has 0 N–H and O–H groups in total. The standard InChI is InChI=1S/C14H27N/c1-4-9-15-10-14(11-15)7-5-13(6-8-14)12(2)3/h12-13H,4-11H2,1-3H3. The van der Waals surface area contributed by atoms with Crippen molar-refractivity contribution in [3.05, 3.63) is 0 Å². The normalized spacial score (nSPS) is 27.2. The summed E-state index contributed by atoms with van der Waals surface area (Å²) in [5.74, 6) is 1.94. The third-order valence-corrected chi connectivity index (χ3v) is 4.69. The van der Waals surface area contributed by atoms with E-state index >= 15 is 0 Å². The van der Waals surface area contributed by atoms with Crippen molar-refractivity contribution in [2.24, 2.45) is 17.3 Å². The van der Waals surface area contributed by atoms with Crippen LogP contribution in [0.3, 0.4) is 0 Å². The molecule has 1 aliphatic carbocycles. The largest absolute Gasteiger partial charge is 0.302 e. The van der Waals surface area contributed by atoms with Crippen molar-refractivity contribution in [1.29, 1.82) is 0 Å². The van der Waals surface area contributed by atoms with Gasteiger partial charge in [-0.15, -0.1) is 0 Å². The molecule has 0 amide bonds. The average Bonchev–Trinajstić information content (AvgIpc) is 2.16. The fourth-order valence-electron chi connectivity index (χ4n) is 3.61. The SMILES string of the molecule is CCCN1CC2(CCC(C(C)C)CC2)C1. The lowest BCUT2D eigenvalue weighted by molar-refractivity contribution is -0.0417. The maximum Gasteiger partial charge on any atom is 0.00505 e. The molecular formula is C14H27N. The summed E-state index contributed by atoms with van der Waals surface area (Å²) in [5.41, 5.74) is 0.764. The first-order valence-electron chi connectivity index (χ1n) is 6.87. The van der Waals surface area contributed by atoms with Gasteiger partial charge in [-0.3, -0.25) is 0 Å². The second-order valence-electron chi connectivity index (χ2n) is 6.29. The van der Waals surface area contributed by atoms with Crippen molar-refractivity contribution in [2.45, 2.75) is 52.9 Å². The molecule has 2 fully saturated rings. The first kappa shape index (κ1) is 11.4. The smallest absolute Gasteiger partial charge is 0.00505 e. The second kappa shape index (κ2) is 4.45. The summed E-state index contributed by atoms with van der Waals surface area (Å²) in [4.78, 5) is 2.65. The minimum atomic E-state index is 0.764. The molecular weight excluding hydrogens is 182 g/mol. The molecule has 1 aliphatic heterocycles. The van der Waals surface area contributed by atoms with Crippen LogP contribution in [0.25, 0.3) is 0 Å². The molecule has 15 heavy (non-hydrogen) atoms. The van der Waals surface area contributed by atoms with Gasteiger partial charge >= 0.3 is 0 Å². The van der Waals surface area contributed by atoms with E-state index in [1.807, 2.05) is 0 Å². The van der Waals surface area contributed by atoms with Crippen molar-refractivity contribution < 1.29 is 0 Å². The Morgan fingerprint density at radius 3 is 2.27 bits per heavy atom. The Hall–Kier alpha value is -0.0400. The van der Waals surface area contributed by atoms with Crippen LogP contribution in [0.4, 0.5) is 0 Å². The highest BCUT2D eigenvalue weighted by Crippen LogP contribution is 2.46. The molecule has 1 spiro atoms. The van der Waals surface area contributed by atoms with E-state index in [9.17, 15) is 0 Å². The zero-order valence-corrected chi connectivity index (χ0v) is 10.8. The Morgan fingerprint density at radius 2 is 1.80 bits per heavy atom. The maximum atomic E-state index is 2.65. The highest BCUT2D eigenvalue weighted by Gasteiger charge is 2.44. The van der Waals surface area contributed by atoms with Crippen molar-refractivity contribution >= 4 is 0 Å². The summed E-state index contributed by atoms with van der Waals surface area (Å²) in [6, 6.07) is 0. The highest BCUT2D eigenvalue weighted by atomic mass is 15.2. The molecule has 0 unspecified atom stereocenters. The summed E-state index contributed by atoms with van der Waals surface area (Å²) < 4.78 is 0. The van der Waals surface area contributed by atoms with Gasteiger partial charge in [-0.25, -0.2) is 0 Å². The van der Waals surface area contributed by atoms with E-state index in [0.29, 0.717) is 0 Å². The molecule has 2 rings (SSSR count). The lowest BCUT2D eigenvalue weighted by atomic mass is 9.64. The van der Waals surface area contributed by atoms with Crippen LogP contribution in [0, 0.1) is 17.3 Å². The molecule has 2 aliphatic rings. The minimum absolute atomic E-state index is 0.764. The quantitative estimate of drug-likeness (QED) is 0.687. The van der Waals surface area contributed by atoms with Gasteiger partial charge in [-0.1, -0.05) is 20.8 Å². The maximum absolute atomic E-state index is 2.65. The molecule has 1 nitrogen and oxygen atoms in total. The fraction of sp³-hybridized carbons (Fsp3) is 1.00. The Morgan fingerprint density at radius 1 is 1.20 bits per heavy atom. The van der Waals surface area contributed by atoms with Crippen molar-refractivity contribution in [1.82, 2.24) is 4.90 Å². The summed E-state index contributed by atoms with van der Waals surface area (Å²) in [6.07, 6.45) is 7.34. The lowest BCUT2D eigenvalue weighted by Crippen LogP contribution is -2.57. The highest BCUT2D eigenvalue weighted by molar-refractivity contribution is 4.97. The van der Waals surface area contributed by atoms with E-state index in [1.165, 1.54) is 51.7 Å². The van der Waals surface area contributed by atoms with E-state index in [0.717, 1.165) is 17.3 Å². The Kier molecular flexibility index (Phi) is 3.39. The fourth-order valence-corrected chi connectivity index (χ4v) is 3.61. The lowest BCUT2D eigenvalue weighted by Gasteiger charge is -2.54. The molecule has 88 valence electrons. The molecule has 0 aromatic carbocycles. The molecule has 0 aromatic heterocycles. The van der Waals surface area contributed by atoms with E-state index in [1.54, 1.807) is 0 Å². The third-order valence-electron chi connectivity index (χ3n) is 4.69. The summed E-state index contributed by atoms with van der Waals surface area (Å²) in [6.45, 7) is 11.2. The Labute approximate surface area is 95.2 Å². The summed E-state index contributed by atoms with van der Waals surface area (Å²) in [5, 5.41) is 0. The van der Waals surface area contributed by atoms with Crippen LogP contribution in [0.5, 0.6) is 0 Å². The predicted molar refractivity (Wildman–Crippen MR) is 66.0 cm³/mol. The Balaban J connectivity index is 1.75. The van der Waals surface area contributed by atoms with Crippen LogP contribution in [0.15, 0.2) is 0 Å². The molecule has 0 aromatic rings. The van der Waals surface area contributed by atoms with Crippen LogP contribution in [0.1, 0.15) is 52.9 Å². The number of likely N-dealkylation sites (tertiary alicyclic amines) is 1. The first-order chi connectivity index (χ1) is 7.15. The van der Waals surface area contributed by atoms with Crippen molar-refractivity contribution in [3.63, 3.8) is 0 Å². The van der Waals surface area contributed by atoms with Crippen LogP contribution >= 0.6 is 0 Å². The monoisotopic (exact) mass is 209 g/mol. The topological polar surface area (TPSA) is 3.24 Å². The minimum Gasteiger partial charge on any atom is -0.302 e. The van der Waals surface area contributed by atoms with E-state index < -0.39 is 0 Å².